The first kappa shape index (κ1) is 13.5. The summed E-state index contributed by atoms with van der Waals surface area (Å²) in [5.74, 6) is 0. The van der Waals surface area contributed by atoms with E-state index in [-0.39, 0.29) is 0 Å². The minimum atomic E-state index is 0.685. The lowest BCUT2D eigenvalue weighted by molar-refractivity contribution is 0.785. The quantitative estimate of drug-likeness (QED) is 0.685. The summed E-state index contributed by atoms with van der Waals surface area (Å²) in [6.45, 7) is 8.47. The highest BCUT2D eigenvalue weighted by Crippen LogP contribution is 2.23. The maximum atomic E-state index is 4.26. The number of rotatable bonds is 4. The molecule has 0 radical (unpaired) electrons. The predicted molar refractivity (Wildman–Crippen MR) is 65.8 cm³/mol. The first-order chi connectivity index (χ1) is 6.83. The average molecular weight is 211 g/mol. The Morgan fingerprint density at radius 3 is 2.57 bits per heavy atom. The fraction of sp³-hybridized carbons (Fsp3) is 0.583. The van der Waals surface area contributed by atoms with Crippen LogP contribution in [0, 0.1) is 0 Å². The standard InChI is InChI=1S/C10H15NS.C2H6/c1-3-6-9(2)12-10-7-4-5-8-11-10;1-2/h4-5,7-9H,3,6H2,1-2H3;1-2H3. The molecule has 0 bridgehead atoms. The molecule has 1 rings (SSSR count). The molecule has 1 heterocycles. The molecule has 0 aliphatic carbocycles. The second-order valence-electron chi connectivity index (χ2n) is 2.89. The van der Waals surface area contributed by atoms with Crippen LogP contribution in [0.1, 0.15) is 40.5 Å². The van der Waals surface area contributed by atoms with Gasteiger partial charge in [-0.1, -0.05) is 40.2 Å². The summed E-state index contributed by atoms with van der Waals surface area (Å²) in [6, 6.07) is 6.05. The van der Waals surface area contributed by atoms with Crippen LogP contribution in [0.15, 0.2) is 29.4 Å². The first-order valence-corrected chi connectivity index (χ1v) is 6.28. The maximum Gasteiger partial charge on any atom is 0.0962 e. The van der Waals surface area contributed by atoms with Gasteiger partial charge in [-0.25, -0.2) is 4.98 Å². The summed E-state index contributed by atoms with van der Waals surface area (Å²) in [7, 11) is 0. The molecule has 0 N–H and O–H groups in total. The summed E-state index contributed by atoms with van der Waals surface area (Å²) in [5, 5.41) is 1.82. The molecule has 0 aliphatic heterocycles. The van der Waals surface area contributed by atoms with Crippen LogP contribution >= 0.6 is 11.8 Å². The van der Waals surface area contributed by atoms with Crippen LogP contribution in [0.25, 0.3) is 0 Å². The zero-order valence-corrected chi connectivity index (χ0v) is 10.5. The summed E-state index contributed by atoms with van der Waals surface area (Å²) in [4.78, 5) is 4.26. The van der Waals surface area contributed by atoms with Gasteiger partial charge in [0.2, 0.25) is 0 Å². The molecule has 0 aromatic carbocycles. The van der Waals surface area contributed by atoms with Crippen molar-refractivity contribution in [3.05, 3.63) is 24.4 Å². The van der Waals surface area contributed by atoms with Gasteiger partial charge < -0.3 is 0 Å². The highest BCUT2D eigenvalue weighted by atomic mass is 32.2. The van der Waals surface area contributed by atoms with E-state index in [4.69, 9.17) is 0 Å². The van der Waals surface area contributed by atoms with Gasteiger partial charge in [-0.3, -0.25) is 0 Å². The molecule has 0 spiro atoms. The third kappa shape index (κ3) is 6.03. The molecule has 0 saturated heterocycles. The molecular formula is C12H21NS. The first-order valence-electron chi connectivity index (χ1n) is 5.40. The van der Waals surface area contributed by atoms with Gasteiger partial charge >= 0.3 is 0 Å². The molecule has 80 valence electrons. The summed E-state index contributed by atoms with van der Waals surface area (Å²) in [5.41, 5.74) is 0. The number of pyridine rings is 1. The lowest BCUT2D eigenvalue weighted by Gasteiger charge is -2.07. The predicted octanol–water partition coefficient (Wildman–Crippen LogP) is 4.39. The lowest BCUT2D eigenvalue weighted by atomic mass is 10.3. The Labute approximate surface area is 92.3 Å². The van der Waals surface area contributed by atoms with Gasteiger partial charge in [0.1, 0.15) is 0 Å². The summed E-state index contributed by atoms with van der Waals surface area (Å²) in [6.07, 6.45) is 4.36. The third-order valence-corrected chi connectivity index (χ3v) is 2.78. The second kappa shape index (κ2) is 9.07. The van der Waals surface area contributed by atoms with Gasteiger partial charge in [-0.2, -0.15) is 0 Å². The van der Waals surface area contributed by atoms with E-state index in [1.54, 1.807) is 0 Å². The van der Waals surface area contributed by atoms with Crippen LogP contribution in [0.2, 0.25) is 0 Å². The molecular weight excluding hydrogens is 190 g/mol. The highest BCUT2D eigenvalue weighted by molar-refractivity contribution is 7.99. The molecule has 0 amide bonds. The van der Waals surface area contributed by atoms with Gasteiger partial charge in [0.15, 0.2) is 0 Å². The Kier molecular flexibility index (Phi) is 8.75. The van der Waals surface area contributed by atoms with Crippen molar-refractivity contribution >= 4 is 11.8 Å². The number of aromatic nitrogens is 1. The fourth-order valence-corrected chi connectivity index (χ4v) is 2.13. The Morgan fingerprint density at radius 2 is 2.07 bits per heavy atom. The molecule has 1 atom stereocenters. The number of hydrogen-bond acceptors (Lipinski definition) is 2. The van der Waals surface area contributed by atoms with E-state index < -0.39 is 0 Å². The van der Waals surface area contributed by atoms with Crippen molar-refractivity contribution in [2.45, 2.75) is 50.8 Å². The average Bonchev–Trinajstić information content (AvgIpc) is 2.22. The molecule has 0 aliphatic rings. The SMILES string of the molecule is CC.CCCC(C)Sc1ccccn1. The molecule has 1 aromatic heterocycles. The maximum absolute atomic E-state index is 4.26. The van der Waals surface area contributed by atoms with Crippen LogP contribution in [0.3, 0.4) is 0 Å². The van der Waals surface area contributed by atoms with Crippen molar-refractivity contribution in [2.75, 3.05) is 0 Å². The van der Waals surface area contributed by atoms with E-state index in [1.165, 1.54) is 12.8 Å². The normalized spacial score (nSPS) is 11.4. The summed E-state index contributed by atoms with van der Waals surface area (Å²) >= 11 is 1.86. The van der Waals surface area contributed by atoms with Crippen molar-refractivity contribution in [3.8, 4) is 0 Å². The van der Waals surface area contributed by atoms with E-state index in [2.05, 4.69) is 24.9 Å². The van der Waals surface area contributed by atoms with Crippen molar-refractivity contribution in [2.24, 2.45) is 0 Å². The minimum absolute atomic E-state index is 0.685. The number of hydrogen-bond donors (Lipinski definition) is 0. The lowest BCUT2D eigenvalue weighted by Crippen LogP contribution is -1.94. The Bertz CT molecular complexity index is 211. The van der Waals surface area contributed by atoms with E-state index in [0.29, 0.717) is 5.25 Å². The zero-order valence-electron chi connectivity index (χ0n) is 9.66. The van der Waals surface area contributed by atoms with Crippen LogP contribution < -0.4 is 0 Å². The van der Waals surface area contributed by atoms with Crippen molar-refractivity contribution < 1.29 is 0 Å². The third-order valence-electron chi connectivity index (χ3n) is 1.65. The van der Waals surface area contributed by atoms with Crippen molar-refractivity contribution in [3.63, 3.8) is 0 Å². The molecule has 2 heteroatoms. The second-order valence-corrected chi connectivity index (χ2v) is 4.34. The molecule has 14 heavy (non-hydrogen) atoms. The fourth-order valence-electron chi connectivity index (χ4n) is 1.09. The van der Waals surface area contributed by atoms with Crippen LogP contribution in [-0.2, 0) is 0 Å². The van der Waals surface area contributed by atoms with E-state index >= 15 is 0 Å². The van der Waals surface area contributed by atoms with Crippen molar-refractivity contribution in [1.29, 1.82) is 0 Å². The van der Waals surface area contributed by atoms with Crippen LogP contribution in [0.5, 0.6) is 0 Å². The van der Waals surface area contributed by atoms with Gasteiger partial charge in [0.25, 0.3) is 0 Å². The van der Waals surface area contributed by atoms with Crippen LogP contribution in [-0.4, -0.2) is 10.2 Å². The Balaban J connectivity index is 0.000000791. The Morgan fingerprint density at radius 1 is 1.36 bits per heavy atom. The van der Waals surface area contributed by atoms with Gasteiger partial charge in [0.05, 0.1) is 5.03 Å². The Hall–Kier alpha value is -0.500. The zero-order chi connectivity index (χ0) is 10.8. The van der Waals surface area contributed by atoms with E-state index in [1.807, 2.05) is 43.9 Å². The van der Waals surface area contributed by atoms with Crippen molar-refractivity contribution in [1.82, 2.24) is 4.98 Å². The van der Waals surface area contributed by atoms with E-state index in [9.17, 15) is 0 Å². The smallest absolute Gasteiger partial charge is 0.0962 e. The number of thioether (sulfide) groups is 1. The number of nitrogens with zero attached hydrogens (tertiary/aromatic N) is 1. The molecule has 1 unspecified atom stereocenters. The van der Waals surface area contributed by atoms with Gasteiger partial charge in [-0.05, 0) is 18.6 Å². The molecule has 1 aromatic rings. The van der Waals surface area contributed by atoms with Gasteiger partial charge in [0, 0.05) is 11.4 Å². The minimum Gasteiger partial charge on any atom is -0.250 e. The highest BCUT2D eigenvalue weighted by Gasteiger charge is 2.02. The topological polar surface area (TPSA) is 12.9 Å². The van der Waals surface area contributed by atoms with Crippen LogP contribution in [0.4, 0.5) is 0 Å². The monoisotopic (exact) mass is 211 g/mol. The largest absolute Gasteiger partial charge is 0.250 e. The van der Waals surface area contributed by atoms with Gasteiger partial charge in [-0.15, -0.1) is 11.8 Å². The van der Waals surface area contributed by atoms with E-state index in [0.717, 1.165) is 5.03 Å². The molecule has 0 fully saturated rings. The molecule has 1 nitrogen and oxygen atoms in total. The summed E-state index contributed by atoms with van der Waals surface area (Å²) < 4.78 is 0. The molecule has 0 saturated carbocycles.